The quantitative estimate of drug-likeness (QED) is 0.530. The normalized spacial score (nSPS) is 13.6. The Bertz CT molecular complexity index is 273. The third-order valence-electron chi connectivity index (χ3n) is 2.41. The van der Waals surface area contributed by atoms with Crippen molar-refractivity contribution >= 4 is 23.7 Å². The van der Waals surface area contributed by atoms with Gasteiger partial charge in [0.25, 0.3) is 0 Å². The van der Waals surface area contributed by atoms with Crippen molar-refractivity contribution in [3.63, 3.8) is 0 Å². The first-order valence-electron chi connectivity index (χ1n) is 6.06. The minimum absolute atomic E-state index is 0.0892. The molecule has 0 aromatic rings. The largest absolute Gasteiger partial charge is 0.464 e. The number of amides is 1. The van der Waals surface area contributed by atoms with Crippen LogP contribution in [0.4, 0.5) is 4.79 Å². The van der Waals surface area contributed by atoms with Crippen molar-refractivity contribution in [3.05, 3.63) is 0 Å². The van der Waals surface area contributed by atoms with Crippen molar-refractivity contribution in [2.75, 3.05) is 26.1 Å². The van der Waals surface area contributed by atoms with Crippen molar-refractivity contribution in [2.24, 2.45) is 5.92 Å². The van der Waals surface area contributed by atoms with Gasteiger partial charge in [-0.2, -0.15) is 0 Å². The number of halogens is 1. The van der Waals surface area contributed by atoms with Crippen LogP contribution in [0.3, 0.4) is 0 Å². The molecule has 0 heterocycles. The summed E-state index contributed by atoms with van der Waals surface area (Å²) in [6.45, 7) is 5.98. The molecule has 0 saturated heterocycles. The maximum absolute atomic E-state index is 11.6. The molecule has 0 bridgehead atoms. The summed E-state index contributed by atoms with van der Waals surface area (Å²) in [7, 11) is 1.51. The molecule has 2 unspecified atom stereocenters. The summed E-state index contributed by atoms with van der Waals surface area (Å²) >= 11 is 5.61. The molecule has 0 aliphatic rings. The summed E-state index contributed by atoms with van der Waals surface area (Å²) in [4.78, 5) is 24.4. The van der Waals surface area contributed by atoms with Gasteiger partial charge in [-0.25, -0.2) is 9.59 Å². The second kappa shape index (κ2) is 9.03. The fourth-order valence-corrected chi connectivity index (χ4v) is 1.09. The molecule has 2 atom stereocenters. The lowest BCUT2D eigenvalue weighted by atomic mass is 10.2. The molecule has 0 saturated carbocycles. The molecule has 18 heavy (non-hydrogen) atoms. The van der Waals surface area contributed by atoms with Gasteiger partial charge in [0.05, 0.1) is 13.2 Å². The maximum Gasteiger partial charge on any atom is 0.410 e. The molecule has 0 fully saturated rings. The van der Waals surface area contributed by atoms with Gasteiger partial charge in [0.1, 0.15) is 6.04 Å². The fraction of sp³-hybridized carbons (Fsp3) is 0.833. The van der Waals surface area contributed by atoms with Crippen LogP contribution in [-0.4, -0.2) is 49.1 Å². The predicted octanol–water partition coefficient (Wildman–Crippen LogP) is 2.27. The summed E-state index contributed by atoms with van der Waals surface area (Å²) in [6.07, 6.45) is 0.202. The van der Waals surface area contributed by atoms with Crippen LogP contribution < -0.4 is 0 Å². The van der Waals surface area contributed by atoms with Gasteiger partial charge >= 0.3 is 12.1 Å². The molecule has 0 aliphatic heterocycles. The molecule has 5 nitrogen and oxygen atoms in total. The molecule has 106 valence electrons. The highest BCUT2D eigenvalue weighted by Gasteiger charge is 2.24. The lowest BCUT2D eigenvalue weighted by Crippen LogP contribution is -2.42. The molecule has 6 heteroatoms. The fourth-order valence-electron chi connectivity index (χ4n) is 0.999. The molecule has 0 aliphatic carbocycles. The zero-order valence-electron chi connectivity index (χ0n) is 11.4. The van der Waals surface area contributed by atoms with Crippen LogP contribution in [0, 0.1) is 5.92 Å². The van der Waals surface area contributed by atoms with E-state index in [2.05, 4.69) is 0 Å². The number of nitrogens with zero attached hydrogens (tertiary/aromatic N) is 1. The van der Waals surface area contributed by atoms with Crippen LogP contribution in [-0.2, 0) is 14.3 Å². The zero-order chi connectivity index (χ0) is 14.1. The van der Waals surface area contributed by atoms with Gasteiger partial charge in [-0.3, -0.25) is 4.90 Å². The average Bonchev–Trinajstić information content (AvgIpc) is 2.39. The van der Waals surface area contributed by atoms with Crippen molar-refractivity contribution in [3.8, 4) is 0 Å². The molecule has 0 N–H and O–H groups in total. The van der Waals surface area contributed by atoms with Gasteiger partial charge in [0.2, 0.25) is 0 Å². The van der Waals surface area contributed by atoms with Crippen molar-refractivity contribution in [1.29, 1.82) is 0 Å². The zero-order valence-corrected chi connectivity index (χ0v) is 12.2. The second-order valence-corrected chi connectivity index (χ2v) is 4.60. The van der Waals surface area contributed by atoms with E-state index in [9.17, 15) is 9.59 Å². The molecule has 0 rings (SSSR count). The van der Waals surface area contributed by atoms with Gasteiger partial charge in [-0.1, -0.05) is 13.8 Å². The first-order valence-corrected chi connectivity index (χ1v) is 6.59. The number of carbonyl (C=O) groups excluding carboxylic acids is 2. The molecule has 0 aromatic heterocycles. The molecule has 1 amide bonds. The number of carbonyl (C=O) groups is 2. The van der Waals surface area contributed by atoms with Crippen molar-refractivity contribution in [1.82, 2.24) is 4.90 Å². The number of esters is 1. The minimum Gasteiger partial charge on any atom is -0.464 e. The lowest BCUT2D eigenvalue weighted by molar-refractivity contribution is -0.148. The van der Waals surface area contributed by atoms with Gasteiger partial charge < -0.3 is 9.47 Å². The van der Waals surface area contributed by atoms with E-state index in [0.717, 1.165) is 6.42 Å². The van der Waals surface area contributed by atoms with E-state index < -0.39 is 18.1 Å². The van der Waals surface area contributed by atoms with E-state index in [4.69, 9.17) is 21.1 Å². The number of hydrogen-bond donors (Lipinski definition) is 0. The van der Waals surface area contributed by atoms with Crippen LogP contribution in [0.1, 0.15) is 27.2 Å². The highest BCUT2D eigenvalue weighted by Crippen LogP contribution is 2.05. The van der Waals surface area contributed by atoms with E-state index in [-0.39, 0.29) is 12.5 Å². The Labute approximate surface area is 113 Å². The maximum atomic E-state index is 11.6. The van der Waals surface area contributed by atoms with Gasteiger partial charge in [0.15, 0.2) is 0 Å². The highest BCUT2D eigenvalue weighted by atomic mass is 35.5. The molecule has 0 aromatic carbocycles. The number of likely N-dealkylation sites (N-methyl/N-ethyl adjacent to an activating group) is 1. The Kier molecular flexibility index (Phi) is 8.54. The van der Waals surface area contributed by atoms with Gasteiger partial charge in [-0.15, -0.1) is 11.6 Å². The Balaban J connectivity index is 4.15. The topological polar surface area (TPSA) is 55.8 Å². The summed E-state index contributed by atoms with van der Waals surface area (Å²) < 4.78 is 9.99. The van der Waals surface area contributed by atoms with Gasteiger partial charge in [0, 0.05) is 18.8 Å². The Morgan fingerprint density at radius 3 is 2.39 bits per heavy atom. The number of hydrogen-bond acceptors (Lipinski definition) is 4. The van der Waals surface area contributed by atoms with Crippen LogP contribution in [0.5, 0.6) is 0 Å². The monoisotopic (exact) mass is 279 g/mol. The van der Waals surface area contributed by atoms with E-state index >= 15 is 0 Å². The third-order valence-corrected chi connectivity index (χ3v) is 2.94. The summed E-state index contributed by atoms with van der Waals surface area (Å²) in [5.74, 6) is 0.0820. The van der Waals surface area contributed by atoms with Crippen LogP contribution in [0.2, 0.25) is 0 Å². The van der Waals surface area contributed by atoms with E-state index in [1.54, 1.807) is 6.92 Å². The molecular weight excluding hydrogens is 258 g/mol. The lowest BCUT2D eigenvalue weighted by Gasteiger charge is -2.23. The molecular formula is C12H22ClNO4. The molecule has 0 radical (unpaired) electrons. The smallest absolute Gasteiger partial charge is 0.410 e. The van der Waals surface area contributed by atoms with Crippen LogP contribution in [0.15, 0.2) is 0 Å². The summed E-state index contributed by atoms with van der Waals surface area (Å²) in [5.41, 5.74) is 0. The number of alkyl halides is 1. The van der Waals surface area contributed by atoms with Gasteiger partial charge in [-0.05, 0) is 13.3 Å². The third kappa shape index (κ3) is 6.10. The first-order chi connectivity index (χ1) is 8.43. The van der Waals surface area contributed by atoms with E-state index in [1.165, 1.54) is 11.9 Å². The van der Waals surface area contributed by atoms with E-state index in [0.29, 0.717) is 12.5 Å². The minimum atomic E-state index is -0.657. The van der Waals surface area contributed by atoms with Crippen molar-refractivity contribution in [2.45, 2.75) is 33.2 Å². The summed E-state index contributed by atoms with van der Waals surface area (Å²) in [5, 5.41) is 0. The standard InChI is InChI=1S/C12H22ClNO4/c1-5-6-17-11(15)10(3)14(4)12(16)18-8-9(2)7-13/h9-10H,5-8H2,1-4H3. The van der Waals surface area contributed by atoms with Crippen LogP contribution in [0.25, 0.3) is 0 Å². The SMILES string of the molecule is CCCOC(=O)C(C)N(C)C(=O)OCC(C)CCl. The average molecular weight is 280 g/mol. The number of ether oxygens (including phenoxy) is 2. The summed E-state index contributed by atoms with van der Waals surface area (Å²) in [6, 6.07) is -0.657. The number of rotatable bonds is 7. The predicted molar refractivity (Wildman–Crippen MR) is 69.7 cm³/mol. The Morgan fingerprint density at radius 2 is 1.89 bits per heavy atom. The van der Waals surface area contributed by atoms with Crippen LogP contribution >= 0.6 is 11.6 Å². The van der Waals surface area contributed by atoms with E-state index in [1.807, 2.05) is 13.8 Å². The second-order valence-electron chi connectivity index (χ2n) is 4.29. The highest BCUT2D eigenvalue weighted by molar-refractivity contribution is 6.18. The first kappa shape index (κ1) is 17.0. The Hall–Kier alpha value is -0.970. The molecule has 0 spiro atoms. The Morgan fingerprint density at radius 1 is 1.28 bits per heavy atom. The van der Waals surface area contributed by atoms with Crippen molar-refractivity contribution < 1.29 is 19.1 Å².